The zero-order valence-corrected chi connectivity index (χ0v) is 10.6. The first-order valence-electron chi connectivity index (χ1n) is 6.36. The molecule has 0 amide bonds. The fourth-order valence-corrected chi connectivity index (χ4v) is 1.98. The predicted molar refractivity (Wildman–Crippen MR) is 68.5 cm³/mol. The van der Waals surface area contributed by atoms with Crippen LogP contribution in [0.2, 0.25) is 0 Å². The Morgan fingerprint density at radius 2 is 2.06 bits per heavy atom. The van der Waals surface area contributed by atoms with Gasteiger partial charge in [0.25, 0.3) is 0 Å². The molecule has 1 aromatic carbocycles. The van der Waals surface area contributed by atoms with E-state index < -0.39 is 0 Å². The van der Waals surface area contributed by atoms with E-state index in [1.807, 2.05) is 12.1 Å². The van der Waals surface area contributed by atoms with Crippen LogP contribution in [0.5, 0.6) is 5.75 Å². The zero-order valence-electron chi connectivity index (χ0n) is 10.6. The number of ether oxygens (including phenoxy) is 2. The van der Waals surface area contributed by atoms with Crippen LogP contribution in [0, 0.1) is 0 Å². The van der Waals surface area contributed by atoms with Crippen LogP contribution in [0.1, 0.15) is 19.4 Å². The van der Waals surface area contributed by atoms with Crippen LogP contribution in [-0.2, 0) is 11.2 Å². The molecule has 94 valence electrons. The molecule has 0 radical (unpaired) electrons. The molecule has 1 aliphatic heterocycles. The topological polar surface area (TPSA) is 30.5 Å². The van der Waals surface area contributed by atoms with Crippen LogP contribution in [0.3, 0.4) is 0 Å². The first-order chi connectivity index (χ1) is 8.28. The summed E-state index contributed by atoms with van der Waals surface area (Å²) in [7, 11) is 0. The van der Waals surface area contributed by atoms with Gasteiger partial charge in [0.15, 0.2) is 0 Å². The molecule has 2 unspecified atom stereocenters. The Labute approximate surface area is 103 Å². The van der Waals surface area contributed by atoms with E-state index in [2.05, 4.69) is 31.3 Å². The van der Waals surface area contributed by atoms with Crippen LogP contribution in [0.4, 0.5) is 0 Å². The number of hydrogen-bond acceptors (Lipinski definition) is 3. The monoisotopic (exact) mass is 235 g/mol. The van der Waals surface area contributed by atoms with E-state index in [1.54, 1.807) is 0 Å². The molecule has 1 saturated heterocycles. The summed E-state index contributed by atoms with van der Waals surface area (Å²) in [4.78, 5) is 0. The third kappa shape index (κ3) is 3.72. The van der Waals surface area contributed by atoms with Crippen LogP contribution >= 0.6 is 0 Å². The molecule has 2 rings (SSSR count). The molecule has 0 aliphatic carbocycles. The van der Waals surface area contributed by atoms with Gasteiger partial charge in [0.2, 0.25) is 0 Å². The number of aryl methyl sites for hydroxylation is 1. The Bertz CT molecular complexity index is 337. The highest BCUT2D eigenvalue weighted by Crippen LogP contribution is 2.14. The molecule has 1 aromatic rings. The molecule has 2 atom stereocenters. The molecule has 0 spiro atoms. The number of rotatable bonds is 4. The SMILES string of the molecule is CCc1ccc(OCC2CNCC(C)O2)cc1. The van der Waals surface area contributed by atoms with E-state index in [9.17, 15) is 0 Å². The zero-order chi connectivity index (χ0) is 12.1. The molecule has 3 heteroatoms. The minimum Gasteiger partial charge on any atom is -0.491 e. The van der Waals surface area contributed by atoms with Gasteiger partial charge < -0.3 is 14.8 Å². The van der Waals surface area contributed by atoms with Crippen molar-refractivity contribution in [3.8, 4) is 5.75 Å². The van der Waals surface area contributed by atoms with Crippen molar-refractivity contribution in [2.45, 2.75) is 32.5 Å². The Hall–Kier alpha value is -1.06. The molecule has 1 N–H and O–H groups in total. The third-order valence-electron chi connectivity index (χ3n) is 3.00. The maximum Gasteiger partial charge on any atom is 0.119 e. The van der Waals surface area contributed by atoms with Crippen molar-refractivity contribution in [1.82, 2.24) is 5.32 Å². The second-order valence-corrected chi connectivity index (χ2v) is 4.54. The molecule has 1 aliphatic rings. The summed E-state index contributed by atoms with van der Waals surface area (Å²) in [5.41, 5.74) is 1.33. The molecule has 3 nitrogen and oxygen atoms in total. The first kappa shape index (κ1) is 12.4. The summed E-state index contributed by atoms with van der Waals surface area (Å²) >= 11 is 0. The Kier molecular flexibility index (Phi) is 4.40. The van der Waals surface area contributed by atoms with Crippen molar-refractivity contribution in [1.29, 1.82) is 0 Å². The fourth-order valence-electron chi connectivity index (χ4n) is 1.98. The van der Waals surface area contributed by atoms with Gasteiger partial charge >= 0.3 is 0 Å². The minimum atomic E-state index is 0.157. The van der Waals surface area contributed by atoms with Gasteiger partial charge in [0, 0.05) is 13.1 Å². The maximum atomic E-state index is 5.77. The lowest BCUT2D eigenvalue weighted by Crippen LogP contribution is -2.45. The number of nitrogens with one attached hydrogen (secondary N) is 1. The lowest BCUT2D eigenvalue weighted by atomic mass is 10.2. The maximum absolute atomic E-state index is 5.77. The van der Waals surface area contributed by atoms with Gasteiger partial charge in [-0.2, -0.15) is 0 Å². The van der Waals surface area contributed by atoms with Gasteiger partial charge in [-0.05, 0) is 31.0 Å². The van der Waals surface area contributed by atoms with Gasteiger partial charge in [-0.15, -0.1) is 0 Å². The summed E-state index contributed by atoms with van der Waals surface area (Å²) in [6.07, 6.45) is 1.50. The van der Waals surface area contributed by atoms with E-state index in [4.69, 9.17) is 9.47 Å². The number of morpholine rings is 1. The van der Waals surface area contributed by atoms with Crippen LogP contribution in [0.15, 0.2) is 24.3 Å². The Morgan fingerprint density at radius 3 is 2.71 bits per heavy atom. The van der Waals surface area contributed by atoms with Gasteiger partial charge in [0.05, 0.1) is 6.10 Å². The summed E-state index contributed by atoms with van der Waals surface area (Å²) < 4.78 is 11.5. The molecule has 1 heterocycles. The Balaban J connectivity index is 1.80. The predicted octanol–water partition coefficient (Wildman–Crippen LogP) is 2.00. The molecule has 0 aromatic heterocycles. The van der Waals surface area contributed by atoms with Crippen molar-refractivity contribution in [3.63, 3.8) is 0 Å². The smallest absolute Gasteiger partial charge is 0.119 e. The quantitative estimate of drug-likeness (QED) is 0.866. The van der Waals surface area contributed by atoms with Gasteiger partial charge in [-0.1, -0.05) is 19.1 Å². The average Bonchev–Trinajstić information content (AvgIpc) is 2.37. The fraction of sp³-hybridized carbons (Fsp3) is 0.571. The first-order valence-corrected chi connectivity index (χ1v) is 6.36. The number of benzene rings is 1. The standard InChI is InChI=1S/C14H21NO2/c1-3-12-4-6-13(7-5-12)16-10-14-9-15-8-11(2)17-14/h4-7,11,14-15H,3,8-10H2,1-2H3. The summed E-state index contributed by atoms with van der Waals surface area (Å²) in [6.45, 7) is 6.65. The second-order valence-electron chi connectivity index (χ2n) is 4.54. The third-order valence-corrected chi connectivity index (χ3v) is 3.00. The highest BCUT2D eigenvalue weighted by molar-refractivity contribution is 5.27. The van der Waals surface area contributed by atoms with E-state index in [1.165, 1.54) is 5.56 Å². The van der Waals surface area contributed by atoms with E-state index >= 15 is 0 Å². The number of hydrogen-bond donors (Lipinski definition) is 1. The van der Waals surface area contributed by atoms with Gasteiger partial charge in [-0.3, -0.25) is 0 Å². The molecular weight excluding hydrogens is 214 g/mol. The van der Waals surface area contributed by atoms with Crippen molar-refractivity contribution >= 4 is 0 Å². The lowest BCUT2D eigenvalue weighted by Gasteiger charge is -2.28. The summed E-state index contributed by atoms with van der Waals surface area (Å²) in [5, 5.41) is 3.33. The lowest BCUT2D eigenvalue weighted by molar-refractivity contribution is -0.0470. The largest absolute Gasteiger partial charge is 0.491 e. The molecular formula is C14H21NO2. The van der Waals surface area contributed by atoms with E-state index in [-0.39, 0.29) is 12.2 Å². The van der Waals surface area contributed by atoms with Gasteiger partial charge in [-0.25, -0.2) is 0 Å². The minimum absolute atomic E-state index is 0.157. The Morgan fingerprint density at radius 1 is 1.29 bits per heavy atom. The molecule has 1 fully saturated rings. The summed E-state index contributed by atoms with van der Waals surface area (Å²) in [6, 6.07) is 8.27. The van der Waals surface area contributed by atoms with Crippen molar-refractivity contribution < 1.29 is 9.47 Å². The summed E-state index contributed by atoms with van der Waals surface area (Å²) in [5.74, 6) is 0.920. The molecule has 0 bridgehead atoms. The van der Waals surface area contributed by atoms with Crippen molar-refractivity contribution in [2.75, 3.05) is 19.7 Å². The van der Waals surface area contributed by atoms with Crippen LogP contribution in [0.25, 0.3) is 0 Å². The second kappa shape index (κ2) is 6.03. The highest BCUT2D eigenvalue weighted by atomic mass is 16.5. The average molecular weight is 235 g/mol. The van der Waals surface area contributed by atoms with E-state index in [0.717, 1.165) is 25.3 Å². The van der Waals surface area contributed by atoms with Crippen molar-refractivity contribution in [2.24, 2.45) is 0 Å². The highest BCUT2D eigenvalue weighted by Gasteiger charge is 2.18. The van der Waals surface area contributed by atoms with Gasteiger partial charge in [0.1, 0.15) is 18.5 Å². The molecule has 17 heavy (non-hydrogen) atoms. The molecule has 0 saturated carbocycles. The van der Waals surface area contributed by atoms with E-state index in [0.29, 0.717) is 6.61 Å². The van der Waals surface area contributed by atoms with Crippen LogP contribution < -0.4 is 10.1 Å². The normalized spacial score (nSPS) is 24.6. The van der Waals surface area contributed by atoms with Crippen LogP contribution in [-0.4, -0.2) is 31.9 Å². The van der Waals surface area contributed by atoms with Crippen molar-refractivity contribution in [3.05, 3.63) is 29.8 Å².